The highest BCUT2D eigenvalue weighted by atomic mass is 16.7. The van der Waals surface area contributed by atoms with Crippen LogP contribution in [0.15, 0.2) is 11.5 Å². The minimum atomic E-state index is -0.251. The number of hydrogen-bond donors (Lipinski definition) is 0. The van der Waals surface area contributed by atoms with Crippen molar-refractivity contribution in [3.8, 4) is 0 Å². The maximum atomic E-state index is 6.24. The van der Waals surface area contributed by atoms with Crippen LogP contribution in [0.1, 0.15) is 66.2 Å². The van der Waals surface area contributed by atoms with Crippen LogP contribution in [-0.4, -0.2) is 31.5 Å². The largest absolute Gasteiger partial charge is 0.490 e. The van der Waals surface area contributed by atoms with Gasteiger partial charge in [-0.2, -0.15) is 0 Å². The molecule has 1 atom stereocenters. The van der Waals surface area contributed by atoms with Crippen LogP contribution >= 0.6 is 0 Å². The normalized spacial score (nSPS) is 33.5. The molecule has 1 aliphatic heterocycles. The summed E-state index contributed by atoms with van der Waals surface area (Å²) >= 11 is 0. The van der Waals surface area contributed by atoms with Gasteiger partial charge in [0.2, 0.25) is 0 Å². The van der Waals surface area contributed by atoms with Crippen LogP contribution in [0.4, 0.5) is 0 Å². The molecule has 3 nitrogen and oxygen atoms in total. The SMILES string of the molecule is COC1CC=C(B2OC(C)(C)C(C)(C)O2)CC12CCCC2. The monoisotopic (exact) mass is 292 g/mol. The predicted molar refractivity (Wildman–Crippen MR) is 85.1 cm³/mol. The van der Waals surface area contributed by atoms with E-state index in [-0.39, 0.29) is 18.3 Å². The molecule has 3 aliphatic rings. The predicted octanol–water partition coefficient (Wildman–Crippen LogP) is 3.91. The minimum Gasteiger partial charge on any atom is -0.400 e. The highest BCUT2D eigenvalue weighted by molar-refractivity contribution is 6.54. The molecular weight excluding hydrogens is 263 g/mol. The van der Waals surface area contributed by atoms with Gasteiger partial charge in [0.25, 0.3) is 0 Å². The van der Waals surface area contributed by atoms with Crippen molar-refractivity contribution in [1.82, 2.24) is 0 Å². The van der Waals surface area contributed by atoms with Gasteiger partial charge < -0.3 is 14.0 Å². The summed E-state index contributed by atoms with van der Waals surface area (Å²) in [5.41, 5.74) is 1.16. The van der Waals surface area contributed by atoms with Gasteiger partial charge in [0.1, 0.15) is 0 Å². The lowest BCUT2D eigenvalue weighted by molar-refractivity contribution is -0.0130. The molecule has 0 aromatic heterocycles. The van der Waals surface area contributed by atoms with E-state index in [2.05, 4.69) is 33.8 Å². The molecule has 0 aromatic carbocycles. The Bertz CT molecular complexity index is 419. The lowest BCUT2D eigenvalue weighted by Gasteiger charge is -2.40. The van der Waals surface area contributed by atoms with Gasteiger partial charge in [0, 0.05) is 7.11 Å². The molecule has 1 unspecified atom stereocenters. The summed E-state index contributed by atoms with van der Waals surface area (Å²) in [5.74, 6) is 0. The average molecular weight is 292 g/mol. The van der Waals surface area contributed by atoms with E-state index in [1.807, 2.05) is 7.11 Å². The molecule has 4 heteroatoms. The van der Waals surface area contributed by atoms with E-state index in [0.29, 0.717) is 11.5 Å². The molecule has 1 spiro atoms. The van der Waals surface area contributed by atoms with Crippen molar-refractivity contribution in [3.63, 3.8) is 0 Å². The molecule has 0 radical (unpaired) electrons. The third-order valence-corrected chi connectivity index (χ3v) is 6.27. The Morgan fingerprint density at radius 2 is 1.67 bits per heavy atom. The first-order chi connectivity index (χ1) is 9.80. The van der Waals surface area contributed by atoms with E-state index in [9.17, 15) is 0 Å². The fraction of sp³-hybridized carbons (Fsp3) is 0.882. The van der Waals surface area contributed by atoms with Gasteiger partial charge in [-0.05, 0) is 64.3 Å². The first-order valence-electron chi connectivity index (χ1n) is 8.37. The van der Waals surface area contributed by atoms with Crippen molar-refractivity contribution >= 4 is 7.12 Å². The number of hydrogen-bond acceptors (Lipinski definition) is 3. The Morgan fingerprint density at radius 3 is 2.19 bits per heavy atom. The van der Waals surface area contributed by atoms with Crippen LogP contribution in [0.3, 0.4) is 0 Å². The molecule has 0 N–H and O–H groups in total. The lowest BCUT2D eigenvalue weighted by atomic mass is 9.61. The molecule has 0 aromatic rings. The summed E-state index contributed by atoms with van der Waals surface area (Å²) in [5, 5.41) is 0. The van der Waals surface area contributed by atoms with Gasteiger partial charge in [-0.25, -0.2) is 0 Å². The number of ether oxygens (including phenoxy) is 1. The Labute approximate surface area is 129 Å². The van der Waals surface area contributed by atoms with Crippen LogP contribution < -0.4 is 0 Å². The van der Waals surface area contributed by atoms with E-state index in [0.717, 1.165) is 12.8 Å². The Kier molecular flexibility index (Phi) is 3.79. The van der Waals surface area contributed by atoms with E-state index in [1.165, 1.54) is 31.2 Å². The zero-order valence-corrected chi connectivity index (χ0v) is 14.2. The van der Waals surface area contributed by atoms with E-state index in [1.54, 1.807) is 0 Å². The van der Waals surface area contributed by atoms with Gasteiger partial charge in [0.05, 0.1) is 17.3 Å². The fourth-order valence-corrected chi connectivity index (χ4v) is 4.20. The number of methoxy groups -OCH3 is 1. The van der Waals surface area contributed by atoms with E-state index in [4.69, 9.17) is 14.0 Å². The van der Waals surface area contributed by atoms with Crippen molar-refractivity contribution in [2.24, 2.45) is 5.41 Å². The van der Waals surface area contributed by atoms with Crippen molar-refractivity contribution < 1.29 is 14.0 Å². The van der Waals surface area contributed by atoms with Crippen molar-refractivity contribution in [1.29, 1.82) is 0 Å². The highest BCUT2D eigenvalue weighted by Crippen LogP contribution is 2.52. The second kappa shape index (κ2) is 5.11. The number of rotatable bonds is 2. The summed E-state index contributed by atoms with van der Waals surface area (Å²) in [6.45, 7) is 8.50. The van der Waals surface area contributed by atoms with Crippen molar-refractivity contribution in [3.05, 3.63) is 11.5 Å². The van der Waals surface area contributed by atoms with Gasteiger partial charge in [0.15, 0.2) is 0 Å². The van der Waals surface area contributed by atoms with Crippen molar-refractivity contribution in [2.75, 3.05) is 7.11 Å². The Morgan fingerprint density at radius 1 is 1.10 bits per heavy atom. The number of allylic oxidation sites excluding steroid dienone is 1. The second-order valence-corrected chi connectivity index (χ2v) is 8.07. The average Bonchev–Trinajstić information content (AvgIpc) is 2.93. The maximum absolute atomic E-state index is 6.24. The zero-order chi connectivity index (χ0) is 15.3. The quantitative estimate of drug-likeness (QED) is 0.722. The summed E-state index contributed by atoms with van der Waals surface area (Å²) in [4.78, 5) is 0. The Hall–Kier alpha value is -0.315. The molecule has 21 heavy (non-hydrogen) atoms. The Balaban J connectivity index is 1.80. The fourth-order valence-electron chi connectivity index (χ4n) is 4.20. The molecule has 0 amide bonds. The van der Waals surface area contributed by atoms with Gasteiger partial charge in [-0.3, -0.25) is 0 Å². The van der Waals surface area contributed by atoms with Gasteiger partial charge in [-0.1, -0.05) is 18.9 Å². The van der Waals surface area contributed by atoms with Crippen molar-refractivity contribution in [2.45, 2.75) is 83.5 Å². The molecule has 3 rings (SSSR count). The molecule has 1 saturated carbocycles. The second-order valence-electron chi connectivity index (χ2n) is 8.07. The van der Waals surface area contributed by atoms with Gasteiger partial charge in [-0.15, -0.1) is 0 Å². The van der Waals surface area contributed by atoms with Crippen LogP contribution in [0, 0.1) is 5.41 Å². The summed E-state index contributed by atoms with van der Waals surface area (Å²) < 4.78 is 18.3. The highest BCUT2D eigenvalue weighted by Gasteiger charge is 2.54. The molecular formula is C17H29BO3. The lowest BCUT2D eigenvalue weighted by Crippen LogP contribution is -2.41. The molecule has 118 valence electrons. The molecule has 1 heterocycles. The van der Waals surface area contributed by atoms with Gasteiger partial charge >= 0.3 is 7.12 Å². The maximum Gasteiger partial charge on any atom is 0.490 e. The molecule has 2 aliphatic carbocycles. The topological polar surface area (TPSA) is 27.7 Å². The third-order valence-electron chi connectivity index (χ3n) is 6.27. The first-order valence-corrected chi connectivity index (χ1v) is 8.37. The smallest absolute Gasteiger partial charge is 0.400 e. The minimum absolute atomic E-state index is 0.176. The molecule has 2 fully saturated rings. The summed E-state index contributed by atoms with van der Waals surface area (Å²) in [6, 6.07) is 0. The zero-order valence-electron chi connectivity index (χ0n) is 14.2. The van der Waals surface area contributed by atoms with Crippen LogP contribution in [0.5, 0.6) is 0 Å². The van der Waals surface area contributed by atoms with E-state index < -0.39 is 0 Å². The van der Waals surface area contributed by atoms with Crippen LogP contribution in [0.25, 0.3) is 0 Å². The third kappa shape index (κ3) is 2.49. The summed E-state index contributed by atoms with van der Waals surface area (Å²) in [7, 11) is 1.68. The standard InChI is InChI=1S/C17H29BO3/c1-15(2)16(3,4)21-18(20-15)13-8-9-14(19-5)17(12-13)10-6-7-11-17/h8,14H,6-7,9-12H2,1-5H3. The first kappa shape index (κ1) is 15.6. The van der Waals surface area contributed by atoms with E-state index >= 15 is 0 Å². The molecule has 1 saturated heterocycles. The van der Waals surface area contributed by atoms with Crippen LogP contribution in [-0.2, 0) is 14.0 Å². The molecule has 0 bridgehead atoms. The van der Waals surface area contributed by atoms with Crippen LogP contribution in [0.2, 0.25) is 0 Å². The summed E-state index contributed by atoms with van der Waals surface area (Å²) in [6.07, 6.45) is 9.96.